The number of pyridine rings is 1. The number of nitrogens with two attached hydrogens (primary N) is 1. The summed E-state index contributed by atoms with van der Waals surface area (Å²) in [6.45, 7) is 2.60. The molecule has 1 atom stereocenters. The third-order valence-electron chi connectivity index (χ3n) is 5.91. The minimum atomic E-state index is -3.70. The molecular weight excluding hydrogens is 388 g/mol. The van der Waals surface area contributed by atoms with Crippen LogP contribution in [-0.4, -0.2) is 41.6 Å². The van der Waals surface area contributed by atoms with Gasteiger partial charge in [-0.05, 0) is 50.0 Å². The molecule has 5 rings (SSSR count). The van der Waals surface area contributed by atoms with Gasteiger partial charge >= 0.3 is 0 Å². The second-order valence-electron chi connectivity index (χ2n) is 7.64. The standard InChI is InChI=1S/C20H24N6O2S/c21-19(14-6-9-22-10-7-14)25-13-17-16-8-11-26(20(16)23-12-18(17)24-25)29(27,28)15-4-2-1-3-5-15/h1-5,8,11-12,14,19,22,24H,6-7,9-10,13,21H2. The molecule has 0 spiro atoms. The molecule has 0 saturated carbocycles. The fourth-order valence-corrected chi connectivity index (χ4v) is 5.59. The Labute approximate surface area is 169 Å². The largest absolute Gasteiger partial charge is 0.317 e. The third-order valence-corrected chi connectivity index (χ3v) is 7.59. The van der Waals surface area contributed by atoms with E-state index in [4.69, 9.17) is 5.73 Å². The summed E-state index contributed by atoms with van der Waals surface area (Å²) in [4.78, 5) is 4.70. The summed E-state index contributed by atoms with van der Waals surface area (Å²) in [5.74, 6) is 0.421. The molecule has 1 saturated heterocycles. The highest BCUT2D eigenvalue weighted by Crippen LogP contribution is 2.34. The van der Waals surface area contributed by atoms with Gasteiger partial charge < -0.3 is 16.5 Å². The van der Waals surface area contributed by atoms with Crippen LogP contribution in [0.4, 0.5) is 5.69 Å². The van der Waals surface area contributed by atoms with Gasteiger partial charge in [0.2, 0.25) is 0 Å². The fourth-order valence-electron chi connectivity index (χ4n) is 4.27. The highest BCUT2D eigenvalue weighted by atomic mass is 32.2. The van der Waals surface area contributed by atoms with Gasteiger partial charge in [-0.1, -0.05) is 18.2 Å². The molecule has 0 aliphatic carbocycles. The SMILES string of the molecule is NC(C1CCNCC1)N1Cc2c(cnc3c2ccn3S(=O)(=O)c2ccccc2)N1. The first kappa shape index (κ1) is 18.6. The minimum absolute atomic E-state index is 0.102. The summed E-state index contributed by atoms with van der Waals surface area (Å²) in [6.07, 6.45) is 5.28. The van der Waals surface area contributed by atoms with Crippen molar-refractivity contribution in [2.75, 3.05) is 18.5 Å². The predicted molar refractivity (Wildman–Crippen MR) is 111 cm³/mol. The van der Waals surface area contributed by atoms with Crippen molar-refractivity contribution in [3.8, 4) is 0 Å². The molecule has 1 fully saturated rings. The first-order valence-corrected chi connectivity index (χ1v) is 11.3. The number of hydrogen-bond acceptors (Lipinski definition) is 7. The van der Waals surface area contributed by atoms with Crippen molar-refractivity contribution < 1.29 is 8.42 Å². The van der Waals surface area contributed by atoms with Crippen LogP contribution < -0.4 is 16.5 Å². The van der Waals surface area contributed by atoms with E-state index in [0.29, 0.717) is 18.1 Å². The second kappa shape index (κ2) is 7.10. The van der Waals surface area contributed by atoms with Crippen LogP contribution >= 0.6 is 0 Å². The zero-order valence-electron chi connectivity index (χ0n) is 16.0. The van der Waals surface area contributed by atoms with E-state index in [-0.39, 0.29) is 11.1 Å². The van der Waals surface area contributed by atoms with Gasteiger partial charge in [-0.15, -0.1) is 0 Å². The smallest absolute Gasteiger partial charge is 0.269 e. The van der Waals surface area contributed by atoms with E-state index in [9.17, 15) is 8.42 Å². The third kappa shape index (κ3) is 3.10. The summed E-state index contributed by atoms with van der Waals surface area (Å²) in [5, 5.41) is 6.24. The summed E-state index contributed by atoms with van der Waals surface area (Å²) in [6, 6.07) is 10.2. The lowest BCUT2D eigenvalue weighted by atomic mass is 9.95. The maximum absolute atomic E-state index is 13.1. The van der Waals surface area contributed by atoms with E-state index in [1.807, 2.05) is 11.1 Å². The number of fused-ring (bicyclic) bond motifs is 3. The van der Waals surface area contributed by atoms with E-state index in [0.717, 1.165) is 42.6 Å². The highest BCUT2D eigenvalue weighted by molar-refractivity contribution is 7.90. The maximum atomic E-state index is 13.1. The zero-order valence-corrected chi connectivity index (χ0v) is 16.8. The van der Waals surface area contributed by atoms with Crippen LogP contribution in [0.15, 0.2) is 53.7 Å². The number of nitrogens with one attached hydrogen (secondary N) is 2. The van der Waals surface area contributed by atoms with Crippen LogP contribution in [0.5, 0.6) is 0 Å². The number of aromatic nitrogens is 2. The molecule has 9 heteroatoms. The topological polar surface area (TPSA) is 105 Å². The number of rotatable bonds is 4. The Morgan fingerprint density at radius 2 is 1.90 bits per heavy atom. The number of hydrogen-bond donors (Lipinski definition) is 3. The molecular formula is C20H24N6O2S. The van der Waals surface area contributed by atoms with Crippen molar-refractivity contribution in [1.82, 2.24) is 19.3 Å². The molecule has 1 unspecified atom stereocenters. The number of hydrazine groups is 1. The zero-order chi connectivity index (χ0) is 20.0. The van der Waals surface area contributed by atoms with Gasteiger partial charge in [0.05, 0.1) is 22.9 Å². The van der Waals surface area contributed by atoms with E-state index in [2.05, 4.69) is 15.7 Å². The van der Waals surface area contributed by atoms with Crippen LogP contribution in [0, 0.1) is 5.92 Å². The lowest BCUT2D eigenvalue weighted by Crippen LogP contribution is -2.50. The average molecular weight is 413 g/mol. The molecule has 2 aromatic heterocycles. The Kier molecular flexibility index (Phi) is 4.54. The average Bonchev–Trinajstić information content (AvgIpc) is 3.38. The first-order valence-electron chi connectivity index (χ1n) is 9.85. The van der Waals surface area contributed by atoms with Gasteiger partial charge in [0.25, 0.3) is 10.0 Å². The molecule has 2 aliphatic rings. The van der Waals surface area contributed by atoms with E-state index < -0.39 is 10.0 Å². The predicted octanol–water partition coefficient (Wildman–Crippen LogP) is 1.70. The summed E-state index contributed by atoms with van der Waals surface area (Å²) in [5.41, 5.74) is 12.3. The molecule has 3 aromatic rings. The molecule has 0 amide bonds. The minimum Gasteiger partial charge on any atom is -0.317 e. The molecule has 4 heterocycles. The fraction of sp³-hybridized carbons (Fsp3) is 0.350. The van der Waals surface area contributed by atoms with E-state index in [1.165, 1.54) is 3.97 Å². The summed E-state index contributed by atoms with van der Waals surface area (Å²) >= 11 is 0. The van der Waals surface area contributed by atoms with Gasteiger partial charge in [0, 0.05) is 23.7 Å². The van der Waals surface area contributed by atoms with Crippen LogP contribution in [0.25, 0.3) is 11.0 Å². The normalized spacial score (nSPS) is 19.2. The Balaban J connectivity index is 1.48. The molecule has 29 heavy (non-hydrogen) atoms. The summed E-state index contributed by atoms with van der Waals surface area (Å²) < 4.78 is 27.4. The van der Waals surface area contributed by atoms with Crippen molar-refractivity contribution in [1.29, 1.82) is 0 Å². The quantitative estimate of drug-likeness (QED) is 0.599. The lowest BCUT2D eigenvalue weighted by molar-refractivity contribution is 0.154. The highest BCUT2D eigenvalue weighted by Gasteiger charge is 2.32. The Hall–Kier alpha value is -2.46. The Bertz CT molecular complexity index is 1140. The molecule has 8 nitrogen and oxygen atoms in total. The van der Waals surface area contributed by atoms with Crippen molar-refractivity contribution >= 4 is 26.7 Å². The molecule has 1 aromatic carbocycles. The van der Waals surface area contributed by atoms with Crippen molar-refractivity contribution in [2.45, 2.75) is 30.4 Å². The number of piperidine rings is 1. The Morgan fingerprint density at radius 3 is 2.66 bits per heavy atom. The van der Waals surface area contributed by atoms with Crippen LogP contribution in [0.3, 0.4) is 0 Å². The van der Waals surface area contributed by atoms with Crippen molar-refractivity contribution in [3.05, 3.63) is 54.4 Å². The molecule has 4 N–H and O–H groups in total. The van der Waals surface area contributed by atoms with Gasteiger partial charge in [-0.3, -0.25) is 0 Å². The molecule has 2 aliphatic heterocycles. The van der Waals surface area contributed by atoms with Crippen molar-refractivity contribution in [3.63, 3.8) is 0 Å². The van der Waals surface area contributed by atoms with E-state index in [1.54, 1.807) is 42.7 Å². The number of nitrogens with zero attached hydrogens (tertiary/aromatic N) is 3. The first-order chi connectivity index (χ1) is 14.1. The van der Waals surface area contributed by atoms with E-state index >= 15 is 0 Å². The molecule has 0 radical (unpaired) electrons. The van der Waals surface area contributed by atoms with Gasteiger partial charge in [0.15, 0.2) is 5.65 Å². The maximum Gasteiger partial charge on any atom is 0.269 e. The van der Waals surface area contributed by atoms with Gasteiger partial charge in [-0.2, -0.15) is 0 Å². The Morgan fingerprint density at radius 1 is 1.14 bits per heavy atom. The van der Waals surface area contributed by atoms with Crippen LogP contribution in [0.2, 0.25) is 0 Å². The summed E-state index contributed by atoms with van der Waals surface area (Å²) in [7, 11) is -3.70. The van der Waals surface area contributed by atoms with Gasteiger partial charge in [0.1, 0.15) is 0 Å². The van der Waals surface area contributed by atoms with Crippen LogP contribution in [0.1, 0.15) is 18.4 Å². The van der Waals surface area contributed by atoms with Crippen molar-refractivity contribution in [2.24, 2.45) is 11.7 Å². The molecule has 152 valence electrons. The lowest BCUT2D eigenvalue weighted by Gasteiger charge is -2.33. The number of anilines is 1. The van der Waals surface area contributed by atoms with Crippen LogP contribution in [-0.2, 0) is 16.6 Å². The monoisotopic (exact) mass is 412 g/mol. The molecule has 0 bridgehead atoms. The second-order valence-corrected chi connectivity index (χ2v) is 9.45. The number of benzene rings is 1. The van der Waals surface area contributed by atoms with Gasteiger partial charge in [-0.25, -0.2) is 22.4 Å².